The fourth-order valence-corrected chi connectivity index (χ4v) is 4.24. The van der Waals surface area contributed by atoms with Crippen LogP contribution >= 0.6 is 0 Å². The third-order valence-corrected chi connectivity index (χ3v) is 6.50. The zero-order valence-corrected chi connectivity index (χ0v) is 17.6. The van der Waals surface area contributed by atoms with Gasteiger partial charge in [-0.2, -0.15) is 4.31 Å². The molecule has 1 aromatic heterocycles. The van der Waals surface area contributed by atoms with Gasteiger partial charge in [-0.25, -0.2) is 17.8 Å². The minimum Gasteiger partial charge on any atom is -0.345 e. The second kappa shape index (κ2) is 7.92. The van der Waals surface area contributed by atoms with Gasteiger partial charge in [0.2, 0.25) is 10.0 Å². The summed E-state index contributed by atoms with van der Waals surface area (Å²) in [6.07, 6.45) is 0. The number of aryl methyl sites for hydroxylation is 1. The third-order valence-electron chi connectivity index (χ3n) is 4.68. The van der Waals surface area contributed by atoms with E-state index in [1.807, 2.05) is 17.6 Å². The number of fused-ring (bicyclic) bond motifs is 1. The first kappa shape index (κ1) is 20.9. The molecule has 29 heavy (non-hydrogen) atoms. The lowest BCUT2D eigenvalue weighted by Gasteiger charge is -2.17. The molecule has 7 nitrogen and oxygen atoms in total. The maximum Gasteiger partial charge on any atom is 0.253 e. The van der Waals surface area contributed by atoms with Crippen molar-refractivity contribution < 1.29 is 17.6 Å². The number of aromatic nitrogens is 2. The molecule has 0 saturated carbocycles. The zero-order chi connectivity index (χ0) is 21.3. The maximum absolute atomic E-state index is 13.1. The van der Waals surface area contributed by atoms with Crippen LogP contribution < -0.4 is 0 Å². The van der Waals surface area contributed by atoms with Crippen molar-refractivity contribution in [2.24, 2.45) is 0 Å². The molecular formula is C20H23FN4O3S. The summed E-state index contributed by atoms with van der Waals surface area (Å²) >= 11 is 0. The van der Waals surface area contributed by atoms with Crippen molar-refractivity contribution in [3.8, 4) is 0 Å². The number of halogens is 1. The lowest BCUT2D eigenvalue weighted by molar-refractivity contribution is 0.0827. The van der Waals surface area contributed by atoms with Gasteiger partial charge in [-0.05, 0) is 49.4 Å². The highest BCUT2D eigenvalue weighted by Crippen LogP contribution is 2.22. The Morgan fingerprint density at radius 1 is 1.10 bits per heavy atom. The normalized spacial score (nSPS) is 11.9. The fourth-order valence-electron chi connectivity index (χ4n) is 3.12. The first-order chi connectivity index (χ1) is 13.6. The van der Waals surface area contributed by atoms with E-state index >= 15 is 0 Å². The molecule has 0 spiro atoms. The number of nitrogens with zero attached hydrogens (tertiary/aromatic N) is 4. The molecule has 0 saturated heterocycles. The molecule has 3 rings (SSSR count). The summed E-state index contributed by atoms with van der Waals surface area (Å²) in [4.78, 5) is 18.3. The van der Waals surface area contributed by atoms with Crippen LogP contribution in [0.1, 0.15) is 23.1 Å². The van der Waals surface area contributed by atoms with Gasteiger partial charge in [0, 0.05) is 33.3 Å². The smallest absolute Gasteiger partial charge is 0.253 e. The molecule has 2 aromatic carbocycles. The summed E-state index contributed by atoms with van der Waals surface area (Å²) < 4.78 is 41.8. The van der Waals surface area contributed by atoms with Gasteiger partial charge in [0.25, 0.3) is 5.91 Å². The number of rotatable bonds is 6. The summed E-state index contributed by atoms with van der Waals surface area (Å²) in [5, 5.41) is 0. The summed E-state index contributed by atoms with van der Waals surface area (Å²) in [5.41, 5.74) is 1.97. The van der Waals surface area contributed by atoms with E-state index in [-0.39, 0.29) is 17.3 Å². The predicted octanol–water partition coefficient (Wildman–Crippen LogP) is 2.72. The van der Waals surface area contributed by atoms with Crippen LogP contribution in [0.15, 0.2) is 47.4 Å². The number of carbonyl (C=O) groups is 1. The van der Waals surface area contributed by atoms with Gasteiger partial charge in [-0.15, -0.1) is 0 Å². The van der Waals surface area contributed by atoms with Crippen molar-refractivity contribution in [3.63, 3.8) is 0 Å². The van der Waals surface area contributed by atoms with Crippen LogP contribution in [0.5, 0.6) is 0 Å². The average Bonchev–Trinajstić information content (AvgIpc) is 3.03. The number of amides is 1. The minimum atomic E-state index is -3.80. The number of benzene rings is 2. The highest BCUT2D eigenvalue weighted by molar-refractivity contribution is 7.89. The molecule has 0 bridgehead atoms. The van der Waals surface area contributed by atoms with Gasteiger partial charge in [0.15, 0.2) is 0 Å². The van der Waals surface area contributed by atoms with Gasteiger partial charge in [-0.1, -0.05) is 0 Å². The molecule has 154 valence electrons. The zero-order valence-electron chi connectivity index (χ0n) is 16.8. The van der Waals surface area contributed by atoms with Crippen molar-refractivity contribution in [3.05, 3.63) is 59.7 Å². The second-order valence-electron chi connectivity index (χ2n) is 6.89. The van der Waals surface area contributed by atoms with Crippen LogP contribution in [0.2, 0.25) is 0 Å². The second-order valence-corrected chi connectivity index (χ2v) is 8.94. The monoisotopic (exact) mass is 418 g/mol. The van der Waals surface area contributed by atoms with Gasteiger partial charge >= 0.3 is 0 Å². The topological polar surface area (TPSA) is 75.5 Å². The van der Waals surface area contributed by atoms with Crippen molar-refractivity contribution in [2.45, 2.75) is 24.9 Å². The number of hydrogen-bond donors (Lipinski definition) is 0. The van der Waals surface area contributed by atoms with Gasteiger partial charge in [0.05, 0.1) is 22.5 Å². The minimum absolute atomic E-state index is 0.0134. The molecule has 1 heterocycles. The Morgan fingerprint density at radius 3 is 2.34 bits per heavy atom. The summed E-state index contributed by atoms with van der Waals surface area (Å²) in [7, 11) is 1.02. The van der Waals surface area contributed by atoms with Gasteiger partial charge in [0.1, 0.15) is 11.6 Å². The lowest BCUT2D eigenvalue weighted by atomic mass is 10.2. The molecule has 0 radical (unpaired) electrons. The Hall–Kier alpha value is -2.78. The van der Waals surface area contributed by atoms with Crippen molar-refractivity contribution >= 4 is 27.0 Å². The summed E-state index contributed by atoms with van der Waals surface area (Å²) in [5.74, 6) is -0.0666. The van der Waals surface area contributed by atoms with Gasteiger partial charge in [-0.3, -0.25) is 4.79 Å². The Balaban J connectivity index is 1.96. The van der Waals surface area contributed by atoms with Crippen LogP contribution in [0.25, 0.3) is 11.0 Å². The van der Waals surface area contributed by atoms with E-state index in [0.717, 1.165) is 17.6 Å². The summed E-state index contributed by atoms with van der Waals surface area (Å²) in [6, 6.07) is 9.98. The number of imidazole rings is 1. The SMILES string of the molecule is CCn1c(CN(C)S(=O)(=O)c2ccc(F)cc2)nc2cc(C(=O)N(C)C)ccc21. The largest absolute Gasteiger partial charge is 0.345 e. The molecule has 0 atom stereocenters. The Bertz CT molecular complexity index is 1150. The lowest BCUT2D eigenvalue weighted by Crippen LogP contribution is -2.28. The molecule has 0 aliphatic carbocycles. The highest BCUT2D eigenvalue weighted by Gasteiger charge is 2.23. The molecule has 3 aromatic rings. The van der Waals surface area contributed by atoms with Crippen LogP contribution in [-0.2, 0) is 23.1 Å². The molecule has 0 N–H and O–H groups in total. The van der Waals surface area contributed by atoms with Crippen LogP contribution in [0, 0.1) is 5.82 Å². The predicted molar refractivity (Wildman–Crippen MR) is 108 cm³/mol. The molecule has 1 amide bonds. The first-order valence-corrected chi connectivity index (χ1v) is 10.5. The van der Waals surface area contributed by atoms with Crippen molar-refractivity contribution in [2.75, 3.05) is 21.1 Å². The number of sulfonamides is 1. The Morgan fingerprint density at radius 2 is 1.76 bits per heavy atom. The van der Waals surface area contributed by atoms with E-state index in [2.05, 4.69) is 4.98 Å². The molecular weight excluding hydrogens is 395 g/mol. The van der Waals surface area contributed by atoms with E-state index < -0.39 is 15.8 Å². The number of hydrogen-bond acceptors (Lipinski definition) is 4. The van der Waals surface area contributed by atoms with E-state index in [1.54, 1.807) is 26.2 Å². The number of carbonyl (C=O) groups excluding carboxylic acids is 1. The van der Waals surface area contributed by atoms with E-state index in [1.165, 1.54) is 28.4 Å². The standard InChI is InChI=1S/C20H23FN4O3S/c1-5-25-18-11-6-14(20(26)23(2)3)12-17(18)22-19(25)13-24(4)29(27,28)16-9-7-15(21)8-10-16/h6-12H,5,13H2,1-4H3. The molecule has 0 aliphatic rings. The maximum atomic E-state index is 13.1. The van der Waals surface area contributed by atoms with Gasteiger partial charge < -0.3 is 9.47 Å². The molecule has 0 unspecified atom stereocenters. The van der Waals surface area contributed by atoms with Crippen molar-refractivity contribution in [1.82, 2.24) is 18.8 Å². The van der Waals surface area contributed by atoms with Crippen molar-refractivity contribution in [1.29, 1.82) is 0 Å². The van der Waals surface area contributed by atoms with E-state index in [9.17, 15) is 17.6 Å². The highest BCUT2D eigenvalue weighted by atomic mass is 32.2. The summed E-state index contributed by atoms with van der Waals surface area (Å²) in [6.45, 7) is 2.58. The fraction of sp³-hybridized carbons (Fsp3) is 0.300. The molecule has 0 fully saturated rings. The molecule has 9 heteroatoms. The quantitative estimate of drug-likeness (QED) is 0.617. The third kappa shape index (κ3) is 4.01. The van der Waals surface area contributed by atoms with Crippen LogP contribution in [-0.4, -0.2) is 54.2 Å². The Labute approximate surface area is 169 Å². The van der Waals surface area contributed by atoms with Crippen LogP contribution in [0.4, 0.5) is 4.39 Å². The average molecular weight is 418 g/mol. The Kier molecular flexibility index (Phi) is 5.72. The van der Waals surface area contributed by atoms with E-state index in [0.29, 0.717) is 23.4 Å². The molecule has 0 aliphatic heterocycles. The first-order valence-electron chi connectivity index (χ1n) is 9.08. The van der Waals surface area contributed by atoms with E-state index in [4.69, 9.17) is 0 Å². The van der Waals surface area contributed by atoms with Crippen LogP contribution in [0.3, 0.4) is 0 Å².